The number of carbonyl (C=O) groups excluding carboxylic acids is 1. The Morgan fingerprint density at radius 2 is 2.00 bits per heavy atom. The summed E-state index contributed by atoms with van der Waals surface area (Å²) in [4.78, 5) is 10.6. The van der Waals surface area contributed by atoms with Crippen LogP contribution in [0, 0.1) is 0 Å². The first-order valence-electron chi connectivity index (χ1n) is 5.76. The first-order chi connectivity index (χ1) is 8.02. The molecule has 3 nitrogen and oxygen atoms in total. The molecule has 0 aliphatic rings. The maximum absolute atomic E-state index is 13.1. The van der Waals surface area contributed by atoms with E-state index in [9.17, 15) is 13.6 Å². The Balaban J connectivity index is 3.56. The molecule has 0 aliphatic carbocycles. The third-order valence-corrected chi connectivity index (χ3v) is 2.05. The van der Waals surface area contributed by atoms with Gasteiger partial charge in [0.25, 0.3) is 0 Å². The summed E-state index contributed by atoms with van der Waals surface area (Å²) in [5.74, 6) is -3.99. The van der Waals surface area contributed by atoms with Gasteiger partial charge in [-0.2, -0.15) is 0 Å². The van der Waals surface area contributed by atoms with E-state index in [4.69, 9.17) is 4.74 Å². The lowest BCUT2D eigenvalue weighted by Gasteiger charge is -2.15. The van der Waals surface area contributed by atoms with Crippen molar-refractivity contribution in [3.05, 3.63) is 12.7 Å². The topological polar surface area (TPSA) is 35.5 Å². The summed E-state index contributed by atoms with van der Waals surface area (Å²) >= 11 is 0. The van der Waals surface area contributed by atoms with Crippen molar-refractivity contribution in [1.29, 1.82) is 0 Å². The zero-order valence-electron chi connectivity index (χ0n) is 10.2. The van der Waals surface area contributed by atoms with Gasteiger partial charge in [0, 0.05) is 12.7 Å². The zero-order chi connectivity index (χ0) is 13.1. The van der Waals surface area contributed by atoms with E-state index in [0.717, 1.165) is 31.8 Å². The number of esters is 1. The first-order valence-corrected chi connectivity index (χ1v) is 5.76. The summed E-state index contributed by atoms with van der Waals surface area (Å²) < 4.78 is 35.2. The molecule has 0 fully saturated rings. The van der Waals surface area contributed by atoms with Gasteiger partial charge in [0.05, 0.1) is 0 Å². The molecule has 5 heteroatoms. The first kappa shape index (κ1) is 16.0. The number of carbonyl (C=O) groups is 1. The molecule has 0 atom stereocenters. The summed E-state index contributed by atoms with van der Waals surface area (Å²) in [5, 5.41) is 0. The highest BCUT2D eigenvalue weighted by molar-refractivity contribution is 5.81. The van der Waals surface area contributed by atoms with E-state index >= 15 is 0 Å². The van der Waals surface area contributed by atoms with Crippen LogP contribution < -0.4 is 0 Å². The maximum atomic E-state index is 13.1. The third kappa shape index (κ3) is 9.93. The molecular weight excluding hydrogens is 230 g/mol. The molecule has 0 bridgehead atoms. The molecule has 0 rings (SSSR count). The highest BCUT2D eigenvalue weighted by atomic mass is 19.3. The van der Waals surface area contributed by atoms with Crippen molar-refractivity contribution in [3.8, 4) is 0 Å². The fourth-order valence-corrected chi connectivity index (χ4v) is 1.13. The molecule has 0 radical (unpaired) electrons. The van der Waals surface area contributed by atoms with Gasteiger partial charge in [-0.25, -0.2) is 13.6 Å². The largest absolute Gasteiger partial charge is 0.456 e. The van der Waals surface area contributed by atoms with Gasteiger partial charge in [-0.1, -0.05) is 32.8 Å². The number of alkyl halides is 2. The molecule has 0 saturated heterocycles. The number of halogens is 2. The predicted molar refractivity (Wildman–Crippen MR) is 61.1 cm³/mol. The van der Waals surface area contributed by atoms with E-state index in [1.165, 1.54) is 0 Å². The van der Waals surface area contributed by atoms with Crippen molar-refractivity contribution >= 4 is 5.97 Å². The third-order valence-electron chi connectivity index (χ3n) is 2.05. The van der Waals surface area contributed by atoms with Gasteiger partial charge in [0.2, 0.25) is 0 Å². The van der Waals surface area contributed by atoms with E-state index < -0.39 is 25.1 Å². The molecule has 0 unspecified atom stereocenters. The molecule has 17 heavy (non-hydrogen) atoms. The van der Waals surface area contributed by atoms with Crippen LogP contribution >= 0.6 is 0 Å². The van der Waals surface area contributed by atoms with E-state index in [1.807, 2.05) is 0 Å². The minimum atomic E-state index is -3.14. The number of unbranched alkanes of at least 4 members (excludes halogenated alkanes) is 3. The Labute approximate surface area is 101 Å². The van der Waals surface area contributed by atoms with Gasteiger partial charge in [-0.15, -0.1) is 0 Å². The van der Waals surface area contributed by atoms with Crippen molar-refractivity contribution < 1.29 is 23.0 Å². The van der Waals surface area contributed by atoms with Gasteiger partial charge in [0.15, 0.2) is 6.61 Å². The zero-order valence-corrected chi connectivity index (χ0v) is 10.2. The highest BCUT2D eigenvalue weighted by Gasteiger charge is 2.31. The van der Waals surface area contributed by atoms with Crippen molar-refractivity contribution in [2.45, 2.75) is 38.5 Å². The molecule has 0 aliphatic heterocycles. The Morgan fingerprint density at radius 1 is 1.29 bits per heavy atom. The number of ether oxygens (including phenoxy) is 2. The average molecular weight is 250 g/mol. The summed E-state index contributed by atoms with van der Waals surface area (Å²) in [5.41, 5.74) is 0. The SMILES string of the molecule is C=CC(=O)OCC(F)(F)COCCCCCC. The standard InChI is InChI=1S/C12H20F2O3/c1-3-5-6-7-8-16-9-12(13,14)10-17-11(15)4-2/h4H,2-3,5-10H2,1H3. The van der Waals surface area contributed by atoms with Crippen LogP contribution in [-0.4, -0.2) is 31.7 Å². The number of hydrogen-bond donors (Lipinski definition) is 0. The fourth-order valence-electron chi connectivity index (χ4n) is 1.13. The summed E-state index contributed by atoms with van der Waals surface area (Å²) in [6.07, 6.45) is 4.77. The van der Waals surface area contributed by atoms with Gasteiger partial charge in [-0.05, 0) is 6.42 Å². The van der Waals surface area contributed by atoms with Crippen LogP contribution in [0.3, 0.4) is 0 Å². The molecule has 0 amide bonds. The van der Waals surface area contributed by atoms with Crippen LogP contribution in [-0.2, 0) is 14.3 Å². The van der Waals surface area contributed by atoms with Crippen molar-refractivity contribution in [1.82, 2.24) is 0 Å². The summed E-state index contributed by atoms with van der Waals surface area (Å²) in [7, 11) is 0. The van der Waals surface area contributed by atoms with E-state index in [2.05, 4.69) is 18.2 Å². The van der Waals surface area contributed by atoms with Crippen molar-refractivity contribution in [3.63, 3.8) is 0 Å². The lowest BCUT2D eigenvalue weighted by Crippen LogP contribution is -2.31. The maximum Gasteiger partial charge on any atom is 0.330 e. The minimum Gasteiger partial charge on any atom is -0.456 e. The van der Waals surface area contributed by atoms with Crippen LogP contribution in [0.5, 0.6) is 0 Å². The van der Waals surface area contributed by atoms with Gasteiger partial charge < -0.3 is 9.47 Å². The van der Waals surface area contributed by atoms with Gasteiger partial charge >= 0.3 is 11.9 Å². The van der Waals surface area contributed by atoms with E-state index in [1.54, 1.807) is 0 Å². The van der Waals surface area contributed by atoms with E-state index in [0.29, 0.717) is 6.61 Å². The second kappa shape index (κ2) is 9.10. The van der Waals surface area contributed by atoms with Crippen molar-refractivity contribution in [2.75, 3.05) is 19.8 Å². The molecular formula is C12H20F2O3. The smallest absolute Gasteiger partial charge is 0.330 e. The molecule has 0 heterocycles. The van der Waals surface area contributed by atoms with Crippen LogP contribution in [0.2, 0.25) is 0 Å². The van der Waals surface area contributed by atoms with Gasteiger partial charge in [-0.3, -0.25) is 0 Å². The minimum absolute atomic E-state index is 0.311. The lowest BCUT2D eigenvalue weighted by atomic mass is 10.2. The number of rotatable bonds is 10. The van der Waals surface area contributed by atoms with E-state index in [-0.39, 0.29) is 0 Å². The quantitative estimate of drug-likeness (QED) is 0.340. The summed E-state index contributed by atoms with van der Waals surface area (Å²) in [6, 6.07) is 0. The molecule has 0 aromatic rings. The molecule has 0 aromatic heterocycles. The molecule has 0 saturated carbocycles. The molecule has 0 spiro atoms. The Kier molecular flexibility index (Phi) is 8.58. The fraction of sp³-hybridized carbons (Fsp3) is 0.750. The van der Waals surface area contributed by atoms with Crippen LogP contribution in [0.15, 0.2) is 12.7 Å². The normalized spacial score (nSPS) is 11.2. The second-order valence-corrected chi connectivity index (χ2v) is 3.78. The molecule has 100 valence electrons. The van der Waals surface area contributed by atoms with Crippen LogP contribution in [0.1, 0.15) is 32.6 Å². The van der Waals surface area contributed by atoms with Gasteiger partial charge in [0.1, 0.15) is 6.61 Å². The number of hydrogen-bond acceptors (Lipinski definition) is 3. The average Bonchev–Trinajstić information content (AvgIpc) is 2.30. The highest BCUT2D eigenvalue weighted by Crippen LogP contribution is 2.14. The second-order valence-electron chi connectivity index (χ2n) is 3.78. The van der Waals surface area contributed by atoms with Crippen LogP contribution in [0.4, 0.5) is 8.78 Å². The Morgan fingerprint density at radius 3 is 2.59 bits per heavy atom. The van der Waals surface area contributed by atoms with Crippen LogP contribution in [0.25, 0.3) is 0 Å². The summed E-state index contributed by atoms with van der Waals surface area (Å²) in [6.45, 7) is 3.81. The lowest BCUT2D eigenvalue weighted by molar-refractivity contribution is -0.157. The molecule has 0 aromatic carbocycles. The van der Waals surface area contributed by atoms with Crippen molar-refractivity contribution in [2.24, 2.45) is 0 Å². The molecule has 0 N–H and O–H groups in total. The predicted octanol–water partition coefficient (Wildman–Crippen LogP) is 2.95. The monoisotopic (exact) mass is 250 g/mol. The Bertz CT molecular complexity index is 230. The Hall–Kier alpha value is -0.970.